The Kier molecular flexibility index (Phi) is 6.49. The summed E-state index contributed by atoms with van der Waals surface area (Å²) in [5.74, 6) is 0.174. The van der Waals surface area contributed by atoms with Crippen molar-refractivity contribution in [2.45, 2.75) is 64.3 Å². The molecule has 5 nitrogen and oxygen atoms in total. The van der Waals surface area contributed by atoms with Crippen LogP contribution in [0.1, 0.15) is 64.0 Å². The van der Waals surface area contributed by atoms with Crippen molar-refractivity contribution in [1.29, 1.82) is 0 Å². The van der Waals surface area contributed by atoms with E-state index >= 15 is 0 Å². The molecule has 1 heterocycles. The Hall–Kier alpha value is -2.82. The van der Waals surface area contributed by atoms with Crippen molar-refractivity contribution in [3.63, 3.8) is 0 Å². The molecular formula is C25H32N2O3. The highest BCUT2D eigenvalue weighted by atomic mass is 16.5. The van der Waals surface area contributed by atoms with Gasteiger partial charge in [-0.15, -0.1) is 0 Å². The first-order valence-electron chi connectivity index (χ1n) is 10.6. The Bertz CT molecular complexity index is 899. The average Bonchev–Trinajstić information content (AvgIpc) is 2.70. The van der Waals surface area contributed by atoms with Crippen LogP contribution in [-0.2, 0) is 15.0 Å². The van der Waals surface area contributed by atoms with Crippen molar-refractivity contribution in [3.8, 4) is 5.75 Å². The Morgan fingerprint density at radius 3 is 2.40 bits per heavy atom. The maximum Gasteiger partial charge on any atom is 0.227 e. The summed E-state index contributed by atoms with van der Waals surface area (Å²) in [7, 11) is 0. The number of para-hydroxylation sites is 1. The van der Waals surface area contributed by atoms with Crippen LogP contribution in [0.25, 0.3) is 0 Å². The second-order valence-electron chi connectivity index (χ2n) is 9.09. The molecule has 2 N–H and O–H groups in total. The largest absolute Gasteiger partial charge is 0.494 e. The number of fused-ring (bicyclic) bond motifs is 1. The molecule has 0 unspecified atom stereocenters. The molecule has 30 heavy (non-hydrogen) atoms. The smallest absolute Gasteiger partial charge is 0.227 e. The number of carbonyl (C=O) groups is 2. The lowest BCUT2D eigenvalue weighted by Crippen LogP contribution is -2.45. The van der Waals surface area contributed by atoms with Crippen LogP contribution in [0.3, 0.4) is 0 Å². The summed E-state index contributed by atoms with van der Waals surface area (Å²) in [6, 6.07) is 15.6. The number of rotatable bonds is 6. The van der Waals surface area contributed by atoms with Crippen molar-refractivity contribution >= 4 is 17.5 Å². The van der Waals surface area contributed by atoms with Gasteiger partial charge >= 0.3 is 0 Å². The second-order valence-corrected chi connectivity index (χ2v) is 9.09. The third-order valence-corrected chi connectivity index (χ3v) is 5.73. The first-order chi connectivity index (χ1) is 14.2. The fourth-order valence-corrected chi connectivity index (χ4v) is 4.05. The fourth-order valence-electron chi connectivity index (χ4n) is 4.05. The molecule has 1 aliphatic heterocycles. The molecule has 0 radical (unpaired) electrons. The van der Waals surface area contributed by atoms with Gasteiger partial charge in [0.1, 0.15) is 5.75 Å². The minimum atomic E-state index is -0.348. The molecule has 1 aliphatic rings. The Labute approximate surface area is 179 Å². The third kappa shape index (κ3) is 4.84. The van der Waals surface area contributed by atoms with Crippen LogP contribution in [0, 0.1) is 0 Å². The van der Waals surface area contributed by atoms with E-state index in [2.05, 4.69) is 32.9 Å². The summed E-state index contributed by atoms with van der Waals surface area (Å²) in [4.78, 5) is 26.6. The second kappa shape index (κ2) is 8.90. The predicted molar refractivity (Wildman–Crippen MR) is 120 cm³/mol. The minimum Gasteiger partial charge on any atom is -0.494 e. The third-order valence-electron chi connectivity index (χ3n) is 5.73. The van der Waals surface area contributed by atoms with Gasteiger partial charge in [-0.05, 0) is 54.5 Å². The molecule has 2 atom stereocenters. The van der Waals surface area contributed by atoms with E-state index in [1.807, 2.05) is 48.2 Å². The number of ether oxygens (including phenoxy) is 1. The quantitative estimate of drug-likeness (QED) is 0.714. The predicted octanol–water partition coefficient (Wildman–Crippen LogP) is 4.54. The van der Waals surface area contributed by atoms with Crippen LogP contribution in [0.2, 0.25) is 0 Å². The monoisotopic (exact) mass is 408 g/mol. The molecule has 2 amide bonds. The van der Waals surface area contributed by atoms with Crippen LogP contribution in [0.4, 0.5) is 5.69 Å². The molecule has 2 aromatic carbocycles. The Balaban J connectivity index is 1.58. The van der Waals surface area contributed by atoms with Crippen LogP contribution in [0.15, 0.2) is 48.5 Å². The van der Waals surface area contributed by atoms with Gasteiger partial charge in [0.25, 0.3) is 0 Å². The average molecular weight is 409 g/mol. The maximum atomic E-state index is 13.0. The summed E-state index contributed by atoms with van der Waals surface area (Å²) in [6.45, 7) is 8.99. The van der Waals surface area contributed by atoms with Crippen molar-refractivity contribution in [2.75, 3.05) is 11.5 Å². The van der Waals surface area contributed by atoms with Gasteiger partial charge in [0.2, 0.25) is 11.8 Å². The molecule has 0 aromatic heterocycles. The van der Waals surface area contributed by atoms with Crippen LogP contribution in [-0.4, -0.2) is 24.5 Å². The number of hydrogen-bond donors (Lipinski definition) is 1. The molecule has 0 spiro atoms. The standard InChI is InChI=1S/C25H32N2O3/c1-17-16-21(24(26)29)20-8-5-6-9-22(20)27(17)23(28)10-7-15-30-19-13-11-18(12-14-19)25(2,3)4/h5-6,8-9,11-14,17,21H,7,10,15-16H2,1-4H3,(H2,26,29)/t17-,21+/m0/s1. The van der Waals surface area contributed by atoms with E-state index in [1.165, 1.54) is 5.56 Å². The van der Waals surface area contributed by atoms with Gasteiger partial charge in [-0.25, -0.2) is 0 Å². The van der Waals surface area contributed by atoms with Gasteiger partial charge in [-0.3, -0.25) is 9.59 Å². The number of nitrogens with two attached hydrogens (primary N) is 1. The fraction of sp³-hybridized carbons (Fsp3) is 0.440. The molecule has 3 rings (SSSR count). The number of hydrogen-bond acceptors (Lipinski definition) is 3. The topological polar surface area (TPSA) is 72.6 Å². The lowest BCUT2D eigenvalue weighted by molar-refractivity contribution is -0.122. The Morgan fingerprint density at radius 2 is 1.77 bits per heavy atom. The van der Waals surface area contributed by atoms with E-state index in [0.29, 0.717) is 25.9 Å². The number of primary amides is 1. The molecule has 0 fully saturated rings. The van der Waals surface area contributed by atoms with E-state index < -0.39 is 0 Å². The number of benzene rings is 2. The van der Waals surface area contributed by atoms with Gasteiger partial charge in [0.05, 0.1) is 12.5 Å². The van der Waals surface area contributed by atoms with Crippen molar-refractivity contribution < 1.29 is 14.3 Å². The van der Waals surface area contributed by atoms with Crippen LogP contribution in [0.5, 0.6) is 5.75 Å². The first-order valence-corrected chi connectivity index (χ1v) is 10.6. The van der Waals surface area contributed by atoms with E-state index in [0.717, 1.165) is 17.0 Å². The van der Waals surface area contributed by atoms with Crippen LogP contribution < -0.4 is 15.4 Å². The minimum absolute atomic E-state index is 0.0459. The molecule has 5 heteroatoms. The summed E-state index contributed by atoms with van der Waals surface area (Å²) >= 11 is 0. The highest BCUT2D eigenvalue weighted by Crippen LogP contribution is 2.38. The highest BCUT2D eigenvalue weighted by molar-refractivity contribution is 5.97. The zero-order valence-corrected chi connectivity index (χ0v) is 18.4. The summed E-state index contributed by atoms with van der Waals surface area (Å²) in [6.07, 6.45) is 1.57. The van der Waals surface area contributed by atoms with E-state index in [1.54, 1.807) is 0 Å². The molecule has 160 valence electrons. The van der Waals surface area contributed by atoms with Crippen molar-refractivity contribution in [3.05, 3.63) is 59.7 Å². The number of amides is 2. The van der Waals surface area contributed by atoms with Gasteiger partial charge in [0, 0.05) is 18.2 Å². The zero-order valence-electron chi connectivity index (χ0n) is 18.4. The van der Waals surface area contributed by atoms with Crippen molar-refractivity contribution in [1.82, 2.24) is 0 Å². The van der Waals surface area contributed by atoms with Crippen molar-refractivity contribution in [2.24, 2.45) is 5.73 Å². The van der Waals surface area contributed by atoms with Gasteiger partial charge in [0.15, 0.2) is 0 Å². The van der Waals surface area contributed by atoms with E-state index in [4.69, 9.17) is 10.5 Å². The van der Waals surface area contributed by atoms with Gasteiger partial charge < -0.3 is 15.4 Å². The molecule has 2 aromatic rings. The number of carbonyl (C=O) groups excluding carboxylic acids is 2. The van der Waals surface area contributed by atoms with E-state index in [-0.39, 0.29) is 29.2 Å². The lowest BCUT2D eigenvalue weighted by Gasteiger charge is -2.38. The molecule has 0 saturated heterocycles. The summed E-state index contributed by atoms with van der Waals surface area (Å²) in [5, 5.41) is 0. The van der Waals surface area contributed by atoms with Gasteiger partial charge in [-0.2, -0.15) is 0 Å². The summed E-state index contributed by atoms with van der Waals surface area (Å²) in [5.41, 5.74) is 8.60. The normalized spacial score (nSPS) is 18.6. The first kappa shape index (κ1) is 21.9. The van der Waals surface area contributed by atoms with Crippen LogP contribution >= 0.6 is 0 Å². The molecule has 0 saturated carbocycles. The molecule has 0 aliphatic carbocycles. The lowest BCUT2D eigenvalue weighted by atomic mass is 9.85. The Morgan fingerprint density at radius 1 is 1.10 bits per heavy atom. The van der Waals surface area contributed by atoms with E-state index in [9.17, 15) is 9.59 Å². The number of anilines is 1. The number of nitrogens with zero attached hydrogens (tertiary/aromatic N) is 1. The van der Waals surface area contributed by atoms with Gasteiger partial charge in [-0.1, -0.05) is 51.1 Å². The SMILES string of the molecule is C[C@H]1C[C@@H](C(N)=O)c2ccccc2N1C(=O)CCCOc1ccc(C(C)(C)C)cc1. The highest BCUT2D eigenvalue weighted by Gasteiger charge is 2.35. The summed E-state index contributed by atoms with van der Waals surface area (Å²) < 4.78 is 5.82. The maximum absolute atomic E-state index is 13.0. The molecule has 0 bridgehead atoms. The zero-order chi connectivity index (χ0) is 21.9. The molecular weight excluding hydrogens is 376 g/mol.